The fourth-order valence-electron chi connectivity index (χ4n) is 3.41. The number of likely N-dealkylation sites (tertiary alicyclic amines) is 1. The van der Waals surface area contributed by atoms with E-state index in [-0.39, 0.29) is 0 Å². The third-order valence-corrected chi connectivity index (χ3v) is 4.69. The molecule has 0 amide bonds. The molecule has 0 radical (unpaired) electrons. The Bertz CT molecular complexity index is 829. The van der Waals surface area contributed by atoms with Gasteiger partial charge in [0.2, 0.25) is 0 Å². The van der Waals surface area contributed by atoms with E-state index < -0.39 is 0 Å². The van der Waals surface area contributed by atoms with Gasteiger partial charge in [0.1, 0.15) is 11.6 Å². The Morgan fingerprint density at radius 3 is 2.92 bits per heavy atom. The van der Waals surface area contributed by atoms with E-state index in [1.54, 1.807) is 12.5 Å². The molecule has 7 heteroatoms. The van der Waals surface area contributed by atoms with Crippen LogP contribution >= 0.6 is 0 Å². The molecule has 0 saturated carbocycles. The third kappa shape index (κ3) is 4.05. The van der Waals surface area contributed by atoms with Gasteiger partial charge in [0, 0.05) is 36.6 Å². The van der Waals surface area contributed by atoms with Crippen molar-refractivity contribution < 1.29 is 0 Å². The zero-order valence-corrected chi connectivity index (χ0v) is 14.9. The minimum absolute atomic E-state index is 0.422. The summed E-state index contributed by atoms with van der Waals surface area (Å²) in [6.45, 7) is 4.99. The summed E-state index contributed by atoms with van der Waals surface area (Å²) in [5.74, 6) is 1.93. The zero-order valence-electron chi connectivity index (χ0n) is 14.9. The molecule has 134 valence electrons. The van der Waals surface area contributed by atoms with Crippen LogP contribution in [-0.2, 0) is 6.54 Å². The molecule has 0 aromatic carbocycles. The molecule has 26 heavy (non-hydrogen) atoms. The normalized spacial score (nSPS) is 18.0. The second-order valence-electron chi connectivity index (χ2n) is 6.77. The predicted molar refractivity (Wildman–Crippen MR) is 100 cm³/mol. The Balaban J connectivity index is 1.39. The summed E-state index contributed by atoms with van der Waals surface area (Å²) in [6, 6.07) is 5.87. The average molecular weight is 349 g/mol. The maximum atomic E-state index is 4.65. The summed E-state index contributed by atoms with van der Waals surface area (Å²) < 4.78 is 0. The number of aromatic nitrogens is 5. The van der Waals surface area contributed by atoms with Crippen molar-refractivity contribution in [3.8, 4) is 0 Å². The minimum Gasteiger partial charge on any atom is -0.347 e. The summed E-state index contributed by atoms with van der Waals surface area (Å²) in [7, 11) is 0. The van der Waals surface area contributed by atoms with Crippen LogP contribution in [-0.4, -0.2) is 42.9 Å². The summed E-state index contributed by atoms with van der Waals surface area (Å²) in [5.41, 5.74) is 3.18. The van der Waals surface area contributed by atoms with Gasteiger partial charge in [0.25, 0.3) is 0 Å². The van der Waals surface area contributed by atoms with Crippen LogP contribution in [0.5, 0.6) is 0 Å². The first-order valence-electron chi connectivity index (χ1n) is 8.98. The van der Waals surface area contributed by atoms with Crippen LogP contribution in [0.2, 0.25) is 0 Å². The molecule has 0 unspecified atom stereocenters. The number of aromatic amines is 1. The molecule has 1 aliphatic heterocycles. The van der Waals surface area contributed by atoms with Gasteiger partial charge < -0.3 is 10.3 Å². The lowest BCUT2D eigenvalue weighted by atomic mass is 9.95. The molecule has 7 nitrogen and oxygen atoms in total. The SMILES string of the molecule is Cc1cccc(Nc2cnc([C@H]3CCCN(Cc4cnc[nH]4)C3)cn2)n1. The highest BCUT2D eigenvalue weighted by Gasteiger charge is 2.23. The van der Waals surface area contributed by atoms with E-state index in [2.05, 4.69) is 35.1 Å². The molecule has 3 aromatic rings. The van der Waals surface area contributed by atoms with Crippen molar-refractivity contribution in [1.29, 1.82) is 0 Å². The maximum Gasteiger partial charge on any atom is 0.150 e. The number of piperidine rings is 1. The number of hydrogen-bond acceptors (Lipinski definition) is 6. The average Bonchev–Trinajstić information content (AvgIpc) is 3.16. The van der Waals surface area contributed by atoms with E-state index in [1.165, 1.54) is 6.42 Å². The van der Waals surface area contributed by atoms with Crippen LogP contribution in [0.3, 0.4) is 0 Å². The molecular weight excluding hydrogens is 326 g/mol. The van der Waals surface area contributed by atoms with E-state index in [4.69, 9.17) is 0 Å². The number of nitrogens with one attached hydrogen (secondary N) is 2. The Morgan fingerprint density at radius 2 is 2.15 bits per heavy atom. The van der Waals surface area contributed by atoms with Crippen molar-refractivity contribution in [2.24, 2.45) is 0 Å². The van der Waals surface area contributed by atoms with Crippen LogP contribution in [0, 0.1) is 6.92 Å². The number of H-pyrrole nitrogens is 1. The zero-order chi connectivity index (χ0) is 17.8. The molecule has 0 spiro atoms. The Morgan fingerprint density at radius 1 is 1.19 bits per heavy atom. The molecule has 1 fully saturated rings. The number of pyridine rings is 1. The van der Waals surface area contributed by atoms with E-state index in [0.29, 0.717) is 5.92 Å². The quantitative estimate of drug-likeness (QED) is 0.737. The highest BCUT2D eigenvalue weighted by Crippen LogP contribution is 2.26. The number of aryl methyl sites for hydroxylation is 1. The standard InChI is InChI=1S/C19H23N7/c1-14-4-2-6-18(24-14)25-19-10-21-17(9-22-19)15-5-3-7-26(11-15)12-16-8-20-13-23-16/h2,4,6,8-10,13,15H,3,5,7,11-12H2,1H3,(H,20,23)(H,22,24,25)/t15-/m0/s1. The second kappa shape index (κ2) is 7.61. The first kappa shape index (κ1) is 16.7. The number of imidazole rings is 1. The van der Waals surface area contributed by atoms with E-state index in [1.807, 2.05) is 37.5 Å². The molecule has 3 aromatic heterocycles. The van der Waals surface area contributed by atoms with Gasteiger partial charge in [0.15, 0.2) is 0 Å². The van der Waals surface area contributed by atoms with Crippen molar-refractivity contribution in [3.05, 3.63) is 60.2 Å². The largest absolute Gasteiger partial charge is 0.347 e. The summed E-state index contributed by atoms with van der Waals surface area (Å²) >= 11 is 0. The van der Waals surface area contributed by atoms with Crippen LogP contribution < -0.4 is 5.32 Å². The summed E-state index contributed by atoms with van der Waals surface area (Å²) in [4.78, 5) is 23.3. The Kier molecular flexibility index (Phi) is 4.88. The fraction of sp³-hybridized carbons (Fsp3) is 0.368. The van der Waals surface area contributed by atoms with Crippen molar-refractivity contribution in [2.75, 3.05) is 18.4 Å². The molecule has 0 bridgehead atoms. The van der Waals surface area contributed by atoms with Gasteiger partial charge in [-0.15, -0.1) is 0 Å². The van der Waals surface area contributed by atoms with Crippen LogP contribution in [0.15, 0.2) is 43.1 Å². The van der Waals surface area contributed by atoms with Crippen molar-refractivity contribution in [3.63, 3.8) is 0 Å². The lowest BCUT2D eigenvalue weighted by Gasteiger charge is -2.31. The van der Waals surface area contributed by atoms with Crippen molar-refractivity contribution in [2.45, 2.75) is 32.2 Å². The lowest BCUT2D eigenvalue weighted by Crippen LogP contribution is -2.34. The van der Waals surface area contributed by atoms with Crippen molar-refractivity contribution in [1.82, 2.24) is 29.8 Å². The second-order valence-corrected chi connectivity index (χ2v) is 6.77. The number of nitrogens with zero attached hydrogens (tertiary/aromatic N) is 5. The van der Waals surface area contributed by atoms with E-state index in [0.717, 1.165) is 54.8 Å². The van der Waals surface area contributed by atoms with E-state index >= 15 is 0 Å². The molecule has 0 aliphatic carbocycles. The third-order valence-electron chi connectivity index (χ3n) is 4.69. The van der Waals surface area contributed by atoms with Gasteiger partial charge in [-0.3, -0.25) is 9.88 Å². The van der Waals surface area contributed by atoms with Gasteiger partial charge in [-0.25, -0.2) is 15.0 Å². The molecule has 4 heterocycles. The van der Waals surface area contributed by atoms with E-state index in [9.17, 15) is 0 Å². The Hall–Kier alpha value is -2.80. The molecular formula is C19H23N7. The highest BCUT2D eigenvalue weighted by molar-refractivity contribution is 5.50. The van der Waals surface area contributed by atoms with Crippen LogP contribution in [0.25, 0.3) is 0 Å². The maximum absolute atomic E-state index is 4.65. The minimum atomic E-state index is 0.422. The fourth-order valence-corrected chi connectivity index (χ4v) is 3.41. The van der Waals surface area contributed by atoms with Crippen LogP contribution in [0.4, 0.5) is 11.6 Å². The smallest absolute Gasteiger partial charge is 0.150 e. The Labute approximate surface area is 152 Å². The monoisotopic (exact) mass is 349 g/mol. The first-order chi connectivity index (χ1) is 12.8. The molecule has 2 N–H and O–H groups in total. The summed E-state index contributed by atoms with van der Waals surface area (Å²) in [6.07, 6.45) is 9.64. The van der Waals surface area contributed by atoms with Crippen LogP contribution in [0.1, 0.15) is 35.8 Å². The van der Waals surface area contributed by atoms with Gasteiger partial charge in [-0.05, 0) is 38.4 Å². The predicted octanol–water partition coefficient (Wildman–Crippen LogP) is 3.03. The highest BCUT2D eigenvalue weighted by atomic mass is 15.1. The van der Waals surface area contributed by atoms with Crippen molar-refractivity contribution >= 4 is 11.6 Å². The van der Waals surface area contributed by atoms with Gasteiger partial charge in [0.05, 0.1) is 24.4 Å². The topological polar surface area (TPSA) is 82.6 Å². The molecule has 4 rings (SSSR count). The number of rotatable bonds is 5. The lowest BCUT2D eigenvalue weighted by molar-refractivity contribution is 0.196. The molecule has 1 saturated heterocycles. The summed E-state index contributed by atoms with van der Waals surface area (Å²) in [5, 5.41) is 3.21. The number of hydrogen-bond donors (Lipinski definition) is 2. The van der Waals surface area contributed by atoms with Gasteiger partial charge in [-0.2, -0.15) is 0 Å². The van der Waals surface area contributed by atoms with Gasteiger partial charge in [-0.1, -0.05) is 6.07 Å². The first-order valence-corrected chi connectivity index (χ1v) is 8.98. The molecule has 1 aliphatic rings. The molecule has 1 atom stereocenters. The van der Waals surface area contributed by atoms with Gasteiger partial charge >= 0.3 is 0 Å². The number of anilines is 2.